The lowest BCUT2D eigenvalue weighted by molar-refractivity contribution is -0.112. The first-order chi connectivity index (χ1) is 16.2. The van der Waals surface area contributed by atoms with Gasteiger partial charge in [-0.25, -0.2) is 4.98 Å². The molecule has 0 radical (unpaired) electrons. The molecule has 1 aliphatic rings. The summed E-state index contributed by atoms with van der Waals surface area (Å²) < 4.78 is 1.77. The number of ketones is 2. The van der Waals surface area contributed by atoms with E-state index in [-0.39, 0.29) is 23.0 Å². The van der Waals surface area contributed by atoms with Gasteiger partial charge in [0, 0.05) is 28.0 Å². The van der Waals surface area contributed by atoms with Crippen molar-refractivity contribution in [3.05, 3.63) is 76.1 Å². The van der Waals surface area contributed by atoms with E-state index < -0.39 is 0 Å². The van der Waals surface area contributed by atoms with Crippen molar-refractivity contribution in [2.75, 3.05) is 0 Å². The van der Waals surface area contributed by atoms with Crippen LogP contribution in [-0.4, -0.2) is 21.1 Å². The smallest absolute Gasteiger partial charge is 0.255 e. The van der Waals surface area contributed by atoms with E-state index >= 15 is 0 Å². The lowest BCUT2D eigenvalue weighted by atomic mass is 9.93. The Hall–Kier alpha value is -3.34. The molecule has 34 heavy (non-hydrogen) atoms. The zero-order chi connectivity index (χ0) is 25.4. The van der Waals surface area contributed by atoms with E-state index in [1.807, 2.05) is 51.1 Å². The van der Waals surface area contributed by atoms with Crippen LogP contribution < -0.4 is 5.56 Å². The first kappa shape index (κ1) is 26.9. The molecule has 0 spiro atoms. The first-order valence-electron chi connectivity index (χ1n) is 12.1. The van der Waals surface area contributed by atoms with Crippen molar-refractivity contribution in [1.29, 1.82) is 0 Å². The van der Waals surface area contributed by atoms with Gasteiger partial charge in [-0.2, -0.15) is 0 Å². The van der Waals surface area contributed by atoms with Crippen molar-refractivity contribution in [2.45, 2.75) is 67.3 Å². The molecule has 5 nitrogen and oxygen atoms in total. The second kappa shape index (κ2) is 12.2. The van der Waals surface area contributed by atoms with Crippen molar-refractivity contribution >= 4 is 22.5 Å². The monoisotopic (exact) mass is 460 g/mol. The van der Waals surface area contributed by atoms with Crippen LogP contribution in [0.2, 0.25) is 0 Å². The van der Waals surface area contributed by atoms with Gasteiger partial charge in [0.2, 0.25) is 0 Å². The van der Waals surface area contributed by atoms with Gasteiger partial charge in [0.1, 0.15) is 0 Å². The number of rotatable bonds is 5. The van der Waals surface area contributed by atoms with E-state index in [0.29, 0.717) is 24.1 Å². The molecule has 5 heteroatoms. The summed E-state index contributed by atoms with van der Waals surface area (Å²) in [6, 6.07) is 11.9. The highest BCUT2D eigenvalue weighted by Crippen LogP contribution is 2.33. The number of hydrogen-bond acceptors (Lipinski definition) is 4. The topological polar surface area (TPSA) is 69.0 Å². The van der Waals surface area contributed by atoms with Gasteiger partial charge in [-0.15, -0.1) is 0 Å². The lowest BCUT2D eigenvalue weighted by Crippen LogP contribution is -2.27. The Balaban J connectivity index is 0.000000447. The molecule has 3 heterocycles. The van der Waals surface area contributed by atoms with E-state index in [1.165, 1.54) is 19.4 Å². The van der Waals surface area contributed by atoms with Crippen molar-refractivity contribution in [3.63, 3.8) is 0 Å². The minimum atomic E-state index is -0.0896. The van der Waals surface area contributed by atoms with Gasteiger partial charge in [-0.05, 0) is 44.0 Å². The summed E-state index contributed by atoms with van der Waals surface area (Å²) in [5, 5.41) is 1.07. The molecule has 1 atom stereocenters. The maximum atomic E-state index is 13.1. The zero-order valence-corrected chi connectivity index (χ0v) is 21.3. The van der Waals surface area contributed by atoms with Crippen molar-refractivity contribution in [1.82, 2.24) is 9.55 Å². The number of carbonyl (C=O) groups is 2. The SMILES string of the molecule is C=CC(C)=O.CCC.CCc1c(C(=O)C(C)CC)cc2n(c1=O)Cc1cc3ccccc3nc1-2. The molecule has 1 unspecified atom stereocenters. The molecule has 4 rings (SSSR count). The fourth-order valence-electron chi connectivity index (χ4n) is 3.73. The molecule has 0 fully saturated rings. The number of fused-ring (bicyclic) bond motifs is 4. The molecule has 0 bridgehead atoms. The average molecular weight is 461 g/mol. The summed E-state index contributed by atoms with van der Waals surface area (Å²) in [5.41, 5.74) is 4.66. The number of benzene rings is 1. The highest BCUT2D eigenvalue weighted by molar-refractivity contribution is 6.00. The van der Waals surface area contributed by atoms with Crippen LogP contribution >= 0.6 is 0 Å². The standard InChI is InChI=1S/C22H22N2O2.C4H6O.C3H8/c1-4-13(3)21(25)17-11-19-20-15(12-24(19)22(26)16(17)5-2)10-14-8-6-7-9-18(14)23-20;1-3-4(2)5;1-3-2/h6-11,13H,4-5,12H2,1-3H3;3H,1H2,2H3;3H2,1-2H3. The molecule has 2 aromatic heterocycles. The Morgan fingerprint density at radius 3 is 2.32 bits per heavy atom. The molecule has 0 saturated carbocycles. The molecular formula is C29H36N2O3. The largest absolute Gasteiger partial charge is 0.302 e. The normalized spacial score (nSPS) is 11.8. The van der Waals surface area contributed by atoms with Crippen LogP contribution in [-0.2, 0) is 17.8 Å². The number of Topliss-reactive ketones (excluding diaryl/α,β-unsaturated/α-hetero) is 1. The Morgan fingerprint density at radius 1 is 1.15 bits per heavy atom. The number of para-hydroxylation sites is 1. The van der Waals surface area contributed by atoms with Crippen molar-refractivity contribution < 1.29 is 9.59 Å². The zero-order valence-electron chi connectivity index (χ0n) is 21.3. The number of pyridine rings is 2. The van der Waals surface area contributed by atoms with Gasteiger partial charge in [-0.3, -0.25) is 14.4 Å². The quantitative estimate of drug-likeness (QED) is 0.255. The third-order valence-corrected chi connectivity index (χ3v) is 5.74. The first-order valence-corrected chi connectivity index (χ1v) is 12.1. The van der Waals surface area contributed by atoms with Crippen LogP contribution in [0.15, 0.2) is 53.8 Å². The fraction of sp³-hybridized carbons (Fsp3) is 0.379. The van der Waals surface area contributed by atoms with Crippen LogP contribution in [0.4, 0.5) is 0 Å². The third-order valence-electron chi connectivity index (χ3n) is 5.74. The highest BCUT2D eigenvalue weighted by Gasteiger charge is 2.27. The highest BCUT2D eigenvalue weighted by atomic mass is 16.1. The molecule has 3 aromatic rings. The van der Waals surface area contributed by atoms with Crippen LogP contribution in [0.3, 0.4) is 0 Å². The van der Waals surface area contributed by atoms with E-state index in [9.17, 15) is 14.4 Å². The Bertz CT molecular complexity index is 1250. The van der Waals surface area contributed by atoms with E-state index in [4.69, 9.17) is 4.98 Å². The van der Waals surface area contributed by atoms with Crippen LogP contribution in [0.25, 0.3) is 22.3 Å². The number of allylic oxidation sites excluding steroid dienone is 1. The van der Waals surface area contributed by atoms with Gasteiger partial charge in [0.25, 0.3) is 5.56 Å². The van der Waals surface area contributed by atoms with E-state index in [2.05, 4.69) is 26.5 Å². The molecule has 0 aliphatic carbocycles. The molecule has 0 N–H and O–H groups in total. The number of nitrogens with zero attached hydrogens (tertiary/aromatic N) is 2. The molecule has 1 aliphatic heterocycles. The predicted octanol–water partition coefficient (Wildman–Crippen LogP) is 6.39. The summed E-state index contributed by atoms with van der Waals surface area (Å²) in [6.07, 6.45) is 3.85. The van der Waals surface area contributed by atoms with E-state index in [1.54, 1.807) is 4.57 Å². The average Bonchev–Trinajstić information content (AvgIpc) is 3.20. The number of aromatic nitrogens is 2. The number of hydrogen-bond donors (Lipinski definition) is 0. The summed E-state index contributed by atoms with van der Waals surface area (Å²) in [7, 11) is 0. The maximum absolute atomic E-state index is 13.1. The minimum Gasteiger partial charge on any atom is -0.302 e. The summed E-state index contributed by atoms with van der Waals surface area (Å²) in [6.45, 7) is 15.3. The van der Waals surface area contributed by atoms with Crippen LogP contribution in [0.5, 0.6) is 0 Å². The maximum Gasteiger partial charge on any atom is 0.255 e. The van der Waals surface area contributed by atoms with Crippen molar-refractivity contribution in [3.8, 4) is 11.4 Å². The van der Waals surface area contributed by atoms with E-state index in [0.717, 1.165) is 34.3 Å². The van der Waals surface area contributed by atoms with Gasteiger partial charge < -0.3 is 4.57 Å². The Labute approximate surface area is 202 Å². The van der Waals surface area contributed by atoms with Gasteiger partial charge in [0.15, 0.2) is 11.6 Å². The molecule has 0 saturated heterocycles. The minimum absolute atomic E-state index is 0.0185. The fourth-order valence-corrected chi connectivity index (χ4v) is 3.73. The van der Waals surface area contributed by atoms with Gasteiger partial charge >= 0.3 is 0 Å². The third kappa shape index (κ3) is 5.77. The van der Waals surface area contributed by atoms with Gasteiger partial charge in [-0.1, -0.05) is 65.8 Å². The molecule has 1 aromatic carbocycles. The Morgan fingerprint density at radius 2 is 1.76 bits per heavy atom. The second-order valence-electron chi connectivity index (χ2n) is 8.55. The summed E-state index contributed by atoms with van der Waals surface area (Å²) in [5.74, 6) is -0.0164. The second-order valence-corrected chi connectivity index (χ2v) is 8.55. The van der Waals surface area contributed by atoms with Crippen LogP contribution in [0.1, 0.15) is 75.9 Å². The summed E-state index contributed by atoms with van der Waals surface area (Å²) >= 11 is 0. The Kier molecular flexibility index (Phi) is 9.67. The molecular weight excluding hydrogens is 424 g/mol. The number of carbonyl (C=O) groups excluding carboxylic acids is 2. The van der Waals surface area contributed by atoms with Crippen molar-refractivity contribution in [2.24, 2.45) is 5.92 Å². The van der Waals surface area contributed by atoms with Crippen LogP contribution in [0, 0.1) is 5.92 Å². The molecule has 0 amide bonds. The molecule has 180 valence electrons. The predicted molar refractivity (Wildman–Crippen MR) is 141 cm³/mol. The lowest BCUT2D eigenvalue weighted by Gasteiger charge is -2.14. The summed E-state index contributed by atoms with van der Waals surface area (Å²) in [4.78, 5) is 40.4. The van der Waals surface area contributed by atoms with Gasteiger partial charge in [0.05, 0.1) is 23.4 Å².